The first-order chi connectivity index (χ1) is 28.9. The molecule has 0 saturated carbocycles. The maximum absolute atomic E-state index is 13.4. The fourth-order valence-corrected chi connectivity index (χ4v) is 7.50. The molecule has 0 unspecified atom stereocenters. The minimum atomic E-state index is -1.11. The number of hydrogen-bond acceptors (Lipinski definition) is 13. The van der Waals surface area contributed by atoms with Crippen LogP contribution in [0.3, 0.4) is 0 Å². The zero-order chi connectivity index (χ0) is 42.8. The lowest BCUT2D eigenvalue weighted by atomic mass is 10.1. The Bertz CT molecular complexity index is 2320. The molecule has 5 amide bonds. The van der Waals surface area contributed by atoms with E-state index in [0.29, 0.717) is 23.1 Å². The van der Waals surface area contributed by atoms with Gasteiger partial charge in [0.25, 0.3) is 11.8 Å². The molecule has 2 aromatic carbocycles. The Morgan fingerprint density at radius 3 is 1.62 bits per heavy atom. The van der Waals surface area contributed by atoms with Gasteiger partial charge in [0.05, 0.1) is 44.0 Å². The molecule has 6 aromatic rings. The summed E-state index contributed by atoms with van der Waals surface area (Å²) in [5, 5.41) is 23.9. The smallest absolute Gasteiger partial charge is 0.303 e. The predicted octanol–water partition coefficient (Wildman–Crippen LogP) is 4.79. The van der Waals surface area contributed by atoms with Crippen LogP contribution in [0.25, 0.3) is 9.92 Å². The third-order valence-corrected chi connectivity index (χ3v) is 10.6. The van der Waals surface area contributed by atoms with Crippen LogP contribution in [0.1, 0.15) is 59.2 Å². The summed E-state index contributed by atoms with van der Waals surface area (Å²) in [6.07, 6.45) is 6.91. The van der Waals surface area contributed by atoms with Crippen molar-refractivity contribution in [1.82, 2.24) is 23.7 Å². The number of methoxy groups -OCH3 is 2. The Hall–Kier alpha value is -6.84. The minimum Gasteiger partial charge on any atom is -0.495 e. The molecule has 0 aliphatic heterocycles. The van der Waals surface area contributed by atoms with E-state index in [1.54, 1.807) is 45.5 Å². The molecule has 1 atom stereocenters. The fraction of sp³-hybridized carbons (Fsp3) is 0.282. The topological polar surface area (TPSA) is 253 Å². The third-order valence-electron chi connectivity index (χ3n) is 9.10. The highest BCUT2D eigenvalue weighted by atomic mass is 32.1. The van der Waals surface area contributed by atoms with Crippen molar-refractivity contribution >= 4 is 91.1 Å². The second-order valence-corrected chi connectivity index (χ2v) is 15.1. The Morgan fingerprint density at radius 1 is 0.733 bits per heavy atom. The van der Waals surface area contributed by atoms with Gasteiger partial charge in [0, 0.05) is 66.6 Å². The van der Waals surface area contributed by atoms with Gasteiger partial charge in [-0.1, -0.05) is 0 Å². The van der Waals surface area contributed by atoms with Crippen molar-refractivity contribution in [3.05, 3.63) is 83.1 Å². The summed E-state index contributed by atoms with van der Waals surface area (Å²) in [5.74, 6) is -1.96. The van der Waals surface area contributed by atoms with Crippen LogP contribution in [0.15, 0.2) is 71.9 Å². The average molecular weight is 859 g/mol. The van der Waals surface area contributed by atoms with Crippen molar-refractivity contribution in [1.29, 1.82) is 0 Å². The van der Waals surface area contributed by atoms with Crippen LogP contribution in [0.4, 0.5) is 23.0 Å². The van der Waals surface area contributed by atoms with Crippen molar-refractivity contribution in [2.75, 3.05) is 48.6 Å². The van der Waals surface area contributed by atoms with Crippen LogP contribution in [-0.2, 0) is 19.2 Å². The molecule has 314 valence electrons. The number of anilines is 4. The second kappa shape index (κ2) is 19.7. The summed E-state index contributed by atoms with van der Waals surface area (Å²) in [4.78, 5) is 88.4. The van der Waals surface area contributed by atoms with Crippen molar-refractivity contribution in [2.24, 2.45) is 5.73 Å². The van der Waals surface area contributed by atoms with Crippen molar-refractivity contribution in [3.8, 4) is 11.5 Å². The van der Waals surface area contributed by atoms with Gasteiger partial charge in [0.1, 0.15) is 11.5 Å². The number of amides is 5. The number of carboxylic acid groups (broad SMARTS) is 1. The number of nitrogens with one attached hydrogen (secondary N) is 4. The molecule has 4 heterocycles. The summed E-state index contributed by atoms with van der Waals surface area (Å²) >= 11 is 2.84. The molecule has 21 heteroatoms. The van der Waals surface area contributed by atoms with Gasteiger partial charge in [-0.2, -0.15) is 0 Å². The lowest BCUT2D eigenvalue weighted by Crippen LogP contribution is -2.45. The molecule has 4 aromatic heterocycles. The van der Waals surface area contributed by atoms with Crippen molar-refractivity contribution in [2.45, 2.75) is 44.6 Å². The van der Waals surface area contributed by atoms with Gasteiger partial charge in [0.2, 0.25) is 17.7 Å². The summed E-state index contributed by atoms with van der Waals surface area (Å²) in [5.41, 5.74) is 7.11. The Labute approximate surface area is 350 Å². The van der Waals surface area contributed by atoms with E-state index in [2.05, 4.69) is 31.2 Å². The number of imidazole rings is 2. The summed E-state index contributed by atoms with van der Waals surface area (Å²) < 4.78 is 14.4. The lowest BCUT2D eigenvalue weighted by Gasteiger charge is -2.25. The molecule has 0 bridgehead atoms. The SMILES string of the molecule is COc1ccc(C(=O)Nc2cn3ccsc3n2)cc1NC(=O)CCCN(CCCC(=O)Nc1cc(C(=O)Nc2cn3ccsc3n2)ccc1OC)C(=O)[C@@H](N)CCC(=O)O. The first-order valence-electron chi connectivity index (χ1n) is 18.6. The predicted molar refractivity (Wildman–Crippen MR) is 225 cm³/mol. The number of aromatic nitrogens is 4. The first kappa shape index (κ1) is 42.8. The van der Waals surface area contributed by atoms with Crippen LogP contribution in [0.2, 0.25) is 0 Å². The maximum Gasteiger partial charge on any atom is 0.303 e. The highest BCUT2D eigenvalue weighted by Crippen LogP contribution is 2.28. The van der Waals surface area contributed by atoms with E-state index in [9.17, 15) is 28.8 Å². The maximum atomic E-state index is 13.4. The van der Waals surface area contributed by atoms with Crippen molar-refractivity contribution in [3.63, 3.8) is 0 Å². The number of ether oxygens (including phenoxy) is 2. The first-order valence-corrected chi connectivity index (χ1v) is 20.4. The molecule has 0 spiro atoms. The third kappa shape index (κ3) is 11.0. The van der Waals surface area contributed by atoms with Crippen molar-refractivity contribution < 1.29 is 43.3 Å². The number of hydrogen-bond donors (Lipinski definition) is 6. The number of fused-ring (bicyclic) bond motifs is 2. The van der Waals surface area contributed by atoms with E-state index in [4.69, 9.17) is 20.3 Å². The van der Waals surface area contributed by atoms with Gasteiger partial charge in [-0.15, -0.1) is 22.7 Å². The van der Waals surface area contributed by atoms with Crippen LogP contribution in [-0.4, -0.2) is 97.6 Å². The van der Waals surface area contributed by atoms with E-state index in [1.807, 2.05) is 23.2 Å². The zero-order valence-electron chi connectivity index (χ0n) is 32.5. The molecule has 0 fully saturated rings. The number of benzene rings is 2. The molecule has 7 N–H and O–H groups in total. The standard InChI is InChI=1S/C39H42N10O9S2/c1-57-28-10-7-23(35(54)43-30-21-48-15-17-59-38(48)45-30)19-26(28)41-32(50)5-3-13-47(37(56)25(40)9-12-34(52)53)14-4-6-33(51)42-27-20-24(8-11-29(27)58-2)36(55)44-31-22-49-16-18-60-39(49)46-31/h7-8,10-11,15-22,25H,3-6,9,12-14,40H2,1-2H3,(H,41,50)(H,42,51)(H,43,54)(H,44,55)(H,52,53)/t25-/m0/s1. The normalized spacial score (nSPS) is 11.5. The van der Waals surface area contributed by atoms with Crippen LogP contribution in [0, 0.1) is 0 Å². The number of carbonyl (C=O) groups is 6. The molecular weight excluding hydrogens is 817 g/mol. The highest BCUT2D eigenvalue weighted by Gasteiger charge is 2.23. The molecule has 19 nitrogen and oxygen atoms in total. The van der Waals surface area contributed by atoms with Gasteiger partial charge < -0.3 is 46.5 Å². The van der Waals surface area contributed by atoms with Gasteiger partial charge in [-0.3, -0.25) is 37.6 Å². The summed E-state index contributed by atoms with van der Waals surface area (Å²) in [6.45, 7) is 0.159. The van der Waals surface area contributed by atoms with Gasteiger partial charge >= 0.3 is 5.97 Å². The number of carbonyl (C=O) groups excluding carboxylic acids is 5. The van der Waals surface area contributed by atoms with E-state index >= 15 is 0 Å². The number of carboxylic acids is 1. The Balaban J connectivity index is 1.03. The van der Waals surface area contributed by atoms with Crippen LogP contribution in [0.5, 0.6) is 11.5 Å². The number of thiazole rings is 2. The molecule has 0 aliphatic rings. The molecule has 6 rings (SSSR count). The van der Waals surface area contributed by atoms with Gasteiger partial charge in [0.15, 0.2) is 21.6 Å². The summed E-state index contributed by atoms with van der Waals surface area (Å²) in [7, 11) is 2.86. The number of nitrogens with two attached hydrogens (primary N) is 1. The van der Waals surface area contributed by atoms with E-state index < -0.39 is 41.5 Å². The van der Waals surface area contributed by atoms with E-state index in [0.717, 1.165) is 9.92 Å². The summed E-state index contributed by atoms with van der Waals surface area (Å²) in [6, 6.07) is 8.07. The largest absolute Gasteiger partial charge is 0.495 e. The number of aliphatic carboxylic acids is 1. The molecule has 60 heavy (non-hydrogen) atoms. The van der Waals surface area contributed by atoms with Gasteiger partial charge in [-0.05, 0) is 55.7 Å². The second-order valence-electron chi connectivity index (χ2n) is 13.3. The quantitative estimate of drug-likeness (QED) is 0.0607. The monoisotopic (exact) mass is 858 g/mol. The van der Waals surface area contributed by atoms with Crippen LogP contribution >= 0.6 is 22.7 Å². The van der Waals surface area contributed by atoms with Crippen LogP contribution < -0.4 is 36.5 Å². The lowest BCUT2D eigenvalue weighted by molar-refractivity contribution is -0.138. The average Bonchev–Trinajstić information content (AvgIpc) is 4.02. The zero-order valence-corrected chi connectivity index (χ0v) is 34.1. The molecule has 0 aliphatic carbocycles. The van der Waals surface area contributed by atoms with E-state index in [-0.39, 0.29) is 74.1 Å². The number of rotatable bonds is 20. The molecule has 0 saturated heterocycles. The Kier molecular flexibility index (Phi) is 14.1. The number of nitrogens with zero attached hydrogens (tertiary/aromatic N) is 5. The Morgan fingerprint density at radius 2 is 1.20 bits per heavy atom. The minimum absolute atomic E-state index is 0.0393. The van der Waals surface area contributed by atoms with E-state index in [1.165, 1.54) is 53.9 Å². The fourth-order valence-electron chi connectivity index (χ4n) is 6.10. The van der Waals surface area contributed by atoms with Gasteiger partial charge in [-0.25, -0.2) is 9.97 Å². The molecular formula is C39H42N10O9S2. The highest BCUT2D eigenvalue weighted by molar-refractivity contribution is 7.15. The molecule has 0 radical (unpaired) electrons.